The van der Waals surface area contributed by atoms with Crippen molar-refractivity contribution in [3.8, 4) is 11.6 Å². The summed E-state index contributed by atoms with van der Waals surface area (Å²) in [6.07, 6.45) is 1.25. The highest BCUT2D eigenvalue weighted by atomic mass is 79.9. The first-order valence-electron chi connectivity index (χ1n) is 11.7. The molecule has 0 spiro atoms. The van der Waals surface area contributed by atoms with E-state index in [1.165, 1.54) is 6.21 Å². The number of halogens is 1. The highest BCUT2D eigenvalue weighted by molar-refractivity contribution is 9.10. The zero-order valence-corrected chi connectivity index (χ0v) is 22.2. The van der Waals surface area contributed by atoms with Gasteiger partial charge in [0.2, 0.25) is 5.88 Å². The smallest absolute Gasteiger partial charge is 0.335 e. The number of piperazine rings is 1. The van der Waals surface area contributed by atoms with Gasteiger partial charge in [0.1, 0.15) is 5.56 Å². The van der Waals surface area contributed by atoms with Crippen molar-refractivity contribution in [2.75, 3.05) is 38.1 Å². The second-order valence-corrected chi connectivity index (χ2v) is 10.0. The van der Waals surface area contributed by atoms with E-state index in [1.54, 1.807) is 53.6 Å². The molecule has 1 fully saturated rings. The summed E-state index contributed by atoms with van der Waals surface area (Å²) in [5, 5.41) is 10.9. The lowest BCUT2D eigenvalue weighted by molar-refractivity contribution is 0.313. The molecule has 37 heavy (non-hydrogen) atoms. The summed E-state index contributed by atoms with van der Waals surface area (Å²) >= 11 is 3.34. The number of nitrogens with zero attached hydrogens (tertiary/aromatic N) is 6. The van der Waals surface area contributed by atoms with Crippen molar-refractivity contribution in [3.63, 3.8) is 0 Å². The average Bonchev–Trinajstić information content (AvgIpc) is 3.08. The molecule has 0 atom stereocenters. The van der Waals surface area contributed by atoms with Crippen molar-refractivity contribution in [2.45, 2.75) is 0 Å². The number of nitrogens with one attached hydrogen (secondary N) is 1. The summed E-state index contributed by atoms with van der Waals surface area (Å²) in [5.41, 5.74) is 1.36. The molecule has 1 saturated heterocycles. The summed E-state index contributed by atoms with van der Waals surface area (Å²) in [6.45, 7) is 3.28. The Morgan fingerprint density at radius 1 is 0.946 bits per heavy atom. The second-order valence-electron chi connectivity index (χ2n) is 9.09. The van der Waals surface area contributed by atoms with E-state index < -0.39 is 17.1 Å². The Bertz CT molecular complexity index is 1700. The van der Waals surface area contributed by atoms with Gasteiger partial charge in [-0.3, -0.25) is 23.9 Å². The van der Waals surface area contributed by atoms with Crippen molar-refractivity contribution in [3.05, 3.63) is 77.8 Å². The zero-order valence-electron chi connectivity index (χ0n) is 20.6. The Kier molecular flexibility index (Phi) is 6.38. The molecule has 0 aliphatic carbocycles. The van der Waals surface area contributed by atoms with Gasteiger partial charge in [0.05, 0.1) is 28.1 Å². The molecule has 4 aromatic rings. The Morgan fingerprint density at radius 3 is 2.22 bits per heavy atom. The van der Waals surface area contributed by atoms with Crippen LogP contribution in [0.25, 0.3) is 16.7 Å². The number of fused-ring (bicyclic) bond motifs is 1. The lowest BCUT2D eigenvalue weighted by atomic mass is 10.2. The Morgan fingerprint density at radius 2 is 1.57 bits per heavy atom. The molecule has 12 heteroatoms. The van der Waals surface area contributed by atoms with Crippen molar-refractivity contribution in [1.29, 1.82) is 0 Å². The number of hydrogen-bond donors (Lipinski definition) is 2. The molecular formula is C25H26BrN7O4. The average molecular weight is 568 g/mol. The lowest BCUT2D eigenvalue weighted by Crippen LogP contribution is -2.44. The van der Waals surface area contributed by atoms with Gasteiger partial charge in [-0.05, 0) is 43.4 Å². The minimum atomic E-state index is -0.763. The molecule has 0 radical (unpaired) electrons. The molecule has 2 aromatic heterocycles. The molecule has 3 heterocycles. The third kappa shape index (κ3) is 4.42. The van der Waals surface area contributed by atoms with Crippen LogP contribution in [0, 0.1) is 0 Å². The zero-order chi connectivity index (χ0) is 26.4. The maximum atomic E-state index is 12.7. The van der Waals surface area contributed by atoms with E-state index in [0.29, 0.717) is 16.9 Å². The summed E-state index contributed by atoms with van der Waals surface area (Å²) in [5.74, 6) is -0.519. The molecule has 1 aliphatic heterocycles. The van der Waals surface area contributed by atoms with Gasteiger partial charge in [0.25, 0.3) is 5.56 Å². The fraction of sp³-hybridized carbons (Fsp3) is 0.280. The van der Waals surface area contributed by atoms with Crippen LogP contribution in [0.2, 0.25) is 0 Å². The molecule has 2 aromatic carbocycles. The standard InChI is InChI=1S/C25H26BrN7O4/c1-29-8-10-32(11-9-29)19-13-21-20(30(2)25(37)31(21)3)12-18(19)27-14-17-22(34)28-24(36)33(23(17)35)16-6-4-15(26)5-7-16/h4-7,12-14,35H,8-11H2,1-3H3,(H,28,34,36). The number of benzene rings is 2. The van der Waals surface area contributed by atoms with E-state index in [2.05, 4.69) is 42.8 Å². The third-order valence-corrected chi connectivity index (χ3v) is 7.28. The molecular weight excluding hydrogens is 542 g/mol. The third-order valence-electron chi connectivity index (χ3n) is 6.75. The summed E-state index contributed by atoms with van der Waals surface area (Å²) in [6, 6.07) is 10.5. The number of anilines is 1. The predicted molar refractivity (Wildman–Crippen MR) is 147 cm³/mol. The lowest BCUT2D eigenvalue weighted by Gasteiger charge is -2.34. The van der Waals surface area contributed by atoms with Crippen molar-refractivity contribution < 1.29 is 5.11 Å². The molecule has 2 N–H and O–H groups in total. The summed E-state index contributed by atoms with van der Waals surface area (Å²) in [4.78, 5) is 49.0. The number of rotatable bonds is 4. The number of H-pyrrole nitrogens is 1. The Labute approximate surface area is 219 Å². The normalized spacial score (nSPS) is 14.8. The number of aromatic amines is 1. The van der Waals surface area contributed by atoms with E-state index in [0.717, 1.165) is 46.4 Å². The maximum absolute atomic E-state index is 12.7. The molecule has 11 nitrogen and oxygen atoms in total. The largest absolute Gasteiger partial charge is 0.493 e. The molecule has 0 unspecified atom stereocenters. The molecule has 5 rings (SSSR count). The number of aromatic hydroxyl groups is 1. The van der Waals surface area contributed by atoms with Crippen LogP contribution >= 0.6 is 15.9 Å². The van der Waals surface area contributed by atoms with E-state index in [-0.39, 0.29) is 11.3 Å². The summed E-state index contributed by atoms with van der Waals surface area (Å²) in [7, 11) is 5.48. The number of hydrogen-bond acceptors (Lipinski definition) is 7. The first-order valence-corrected chi connectivity index (χ1v) is 12.5. The molecule has 0 amide bonds. The van der Waals surface area contributed by atoms with Crippen LogP contribution in [0.4, 0.5) is 11.4 Å². The van der Waals surface area contributed by atoms with Crippen LogP contribution < -0.4 is 21.8 Å². The van der Waals surface area contributed by atoms with Crippen molar-refractivity contribution in [1.82, 2.24) is 23.6 Å². The molecule has 0 saturated carbocycles. The van der Waals surface area contributed by atoms with Crippen LogP contribution in [0.1, 0.15) is 5.56 Å². The van der Waals surface area contributed by atoms with Crippen molar-refractivity contribution in [2.24, 2.45) is 19.1 Å². The molecule has 0 bridgehead atoms. The summed E-state index contributed by atoms with van der Waals surface area (Å²) < 4.78 is 4.95. The maximum Gasteiger partial charge on any atom is 0.335 e. The van der Waals surface area contributed by atoms with E-state index in [4.69, 9.17) is 0 Å². The molecule has 1 aliphatic rings. The first kappa shape index (κ1) is 24.8. The van der Waals surface area contributed by atoms with Gasteiger partial charge in [-0.15, -0.1) is 0 Å². The van der Waals surface area contributed by atoms with Crippen LogP contribution in [0.3, 0.4) is 0 Å². The van der Waals surface area contributed by atoms with E-state index in [9.17, 15) is 19.5 Å². The van der Waals surface area contributed by atoms with Gasteiger partial charge in [-0.25, -0.2) is 14.2 Å². The second kappa shape index (κ2) is 9.52. The van der Waals surface area contributed by atoms with Crippen molar-refractivity contribution >= 4 is 44.6 Å². The van der Waals surface area contributed by atoms with Crippen LogP contribution in [-0.4, -0.2) is 68.1 Å². The molecule has 192 valence electrons. The quantitative estimate of drug-likeness (QED) is 0.362. The SMILES string of the molecule is CN1CCN(c2cc3c(cc2N=Cc2c(O)n(-c4ccc(Br)cc4)c(=O)[nH]c2=O)n(C)c(=O)n3C)CC1. The first-order chi connectivity index (χ1) is 17.7. The van der Waals surface area contributed by atoms with Crippen LogP contribution in [0.15, 0.2) is 60.2 Å². The number of aromatic nitrogens is 4. The predicted octanol–water partition coefficient (Wildman–Crippen LogP) is 1.69. The fourth-order valence-electron chi connectivity index (χ4n) is 4.55. The van der Waals surface area contributed by atoms with Gasteiger partial charge in [0.15, 0.2) is 0 Å². The minimum Gasteiger partial charge on any atom is -0.493 e. The fourth-order valence-corrected chi connectivity index (χ4v) is 4.81. The van der Waals surface area contributed by atoms with Gasteiger partial charge in [-0.2, -0.15) is 0 Å². The van der Waals surface area contributed by atoms with E-state index in [1.807, 2.05) is 6.07 Å². The number of aryl methyl sites for hydroxylation is 2. The highest BCUT2D eigenvalue weighted by Crippen LogP contribution is 2.34. The van der Waals surface area contributed by atoms with Crippen LogP contribution in [0.5, 0.6) is 5.88 Å². The van der Waals surface area contributed by atoms with Gasteiger partial charge >= 0.3 is 11.4 Å². The monoisotopic (exact) mass is 567 g/mol. The minimum absolute atomic E-state index is 0.156. The Hall–Kier alpha value is -3.90. The van der Waals surface area contributed by atoms with Gasteiger partial charge in [0, 0.05) is 51.0 Å². The number of aliphatic imine (C=N–C) groups is 1. The highest BCUT2D eigenvalue weighted by Gasteiger charge is 2.21. The Balaban J connectivity index is 1.66. The number of imidazole rings is 1. The van der Waals surface area contributed by atoms with Crippen LogP contribution in [-0.2, 0) is 14.1 Å². The number of likely N-dealkylation sites (N-methyl/N-ethyl adjacent to an activating group) is 1. The van der Waals surface area contributed by atoms with Gasteiger partial charge < -0.3 is 14.9 Å². The van der Waals surface area contributed by atoms with Gasteiger partial charge in [-0.1, -0.05) is 15.9 Å². The topological polar surface area (TPSA) is 121 Å². The van der Waals surface area contributed by atoms with E-state index >= 15 is 0 Å².